The molecule has 1 rings (SSSR count). The maximum absolute atomic E-state index is 14.9. The summed E-state index contributed by atoms with van der Waals surface area (Å²) in [5.74, 6) is -17.4. The number of aliphatic hydroxyl groups excluding tert-OH is 1. The summed E-state index contributed by atoms with van der Waals surface area (Å²) in [4.78, 5) is 212. The minimum Gasteiger partial charge on any atom is -0.481 e. The zero-order valence-electron chi connectivity index (χ0n) is 62.7. The molecule has 40 heteroatoms. The van der Waals surface area contributed by atoms with E-state index < -0.39 is 206 Å². The molecule has 0 heterocycles. The molecule has 1 aromatic rings. The maximum atomic E-state index is 14.9. The number of carboxylic acids is 3. The minimum absolute atomic E-state index is 0.0153. The molecule has 0 aromatic heterocycles. The Bertz CT molecular complexity index is 3170. The third kappa shape index (κ3) is 39.8. The van der Waals surface area contributed by atoms with Crippen LogP contribution in [0.3, 0.4) is 0 Å². The summed E-state index contributed by atoms with van der Waals surface area (Å²) in [6.45, 7) is 10.1. The minimum atomic E-state index is -1.73. The number of rotatable bonds is 55. The zero-order chi connectivity index (χ0) is 81.8. The van der Waals surface area contributed by atoms with Crippen molar-refractivity contribution in [3.05, 3.63) is 35.9 Å². The van der Waals surface area contributed by atoms with Gasteiger partial charge in [0, 0.05) is 32.4 Å². The molecule has 0 radical (unpaired) electrons. The smallest absolute Gasteiger partial charge is 0.326 e. The standard InChI is InChI=1S/C68H117N21O19/c1-36(2)31-48(87-60(101)46(24-26-53(94)95)84-63(104)49(32-37(3)4)86-59(100)45(23-25-52(92)93)80-51(91)34-78-55(96)39(7)79-56(97)41(71)35-90)62(103)82-42(19-11-13-27-69)58(99)88-50(33-40-17-9-8-10-18-40)64(105)83-43(21-15-29-76-67(72)73)57(98)81-44(22-16-30-77-68(74)75)61(102)89-54(38(5)6)65(106)85-47(66(107)108)20-12-14-28-70/h8-10,17-18,36-39,41-50,54,90H,11-16,19-35,69-71H2,1-7H3,(H,78,96)(H,79,97)(H,80,91)(H,81,98)(H,82,103)(H,83,105)(H,84,104)(H,85,106)(H,86,100)(H,87,101)(H,88,99)(H,89,102)(H,92,93)(H,94,95)(H,107,108)(H4,72,73,76)(H4,74,75,77)/t39-,41-,42-,43-,44-,45-,46-,47-,48-,49-,50-,54-/m0/s1. The van der Waals surface area contributed by atoms with Crippen molar-refractivity contribution < 1.29 is 92.3 Å². The average molecular weight is 1530 g/mol. The molecule has 108 heavy (non-hydrogen) atoms. The molecule has 0 spiro atoms. The highest BCUT2D eigenvalue weighted by molar-refractivity contribution is 6.00. The molecule has 1 aromatic carbocycles. The number of aliphatic carboxylic acids is 3. The van der Waals surface area contributed by atoms with E-state index in [1.165, 1.54) is 6.92 Å². The molecule has 608 valence electrons. The molecule has 30 N–H and O–H groups in total. The van der Waals surface area contributed by atoms with Gasteiger partial charge in [0.15, 0.2) is 11.9 Å². The number of nitrogens with one attached hydrogen (secondary N) is 12. The fourth-order valence-corrected chi connectivity index (χ4v) is 10.6. The molecule has 0 bridgehead atoms. The first-order chi connectivity index (χ1) is 50.8. The molecule has 12 amide bonds. The number of hydrogen-bond donors (Lipinski definition) is 23. The summed E-state index contributed by atoms with van der Waals surface area (Å²) in [7, 11) is 0. The van der Waals surface area contributed by atoms with E-state index in [2.05, 4.69) is 73.8 Å². The van der Waals surface area contributed by atoms with Crippen LogP contribution >= 0.6 is 0 Å². The quantitative estimate of drug-likeness (QED) is 0.0164. The van der Waals surface area contributed by atoms with E-state index in [1.54, 1.807) is 71.9 Å². The van der Waals surface area contributed by atoms with Gasteiger partial charge in [-0.25, -0.2) is 4.79 Å². The van der Waals surface area contributed by atoms with E-state index in [0.29, 0.717) is 24.8 Å². The van der Waals surface area contributed by atoms with Crippen LogP contribution in [0.5, 0.6) is 0 Å². The Hall–Kier alpha value is -10.3. The van der Waals surface area contributed by atoms with Crippen LogP contribution in [0.15, 0.2) is 40.3 Å². The predicted molar refractivity (Wildman–Crippen MR) is 396 cm³/mol. The maximum Gasteiger partial charge on any atom is 0.326 e. The third-order valence-electron chi connectivity index (χ3n) is 16.4. The molecule has 0 saturated carbocycles. The Morgan fingerprint density at radius 1 is 0.407 bits per heavy atom. The Labute approximate surface area is 627 Å². The lowest BCUT2D eigenvalue weighted by atomic mass is 9.99. The van der Waals surface area contributed by atoms with Crippen LogP contribution in [0.4, 0.5) is 0 Å². The fourth-order valence-electron chi connectivity index (χ4n) is 10.6. The van der Waals surface area contributed by atoms with Gasteiger partial charge in [-0.05, 0) is 133 Å². The SMILES string of the molecule is CC(C)C[C@H](NC(=O)[C@H](CCC(=O)O)NC(=O)CNC(=O)[C@H](C)NC(=O)[C@@H](N)CO)C(=O)N[C@@H](CCC(=O)O)C(=O)N[C@@H](CC(C)C)C(=O)N[C@@H](CCCCN)C(=O)N[C@@H](Cc1ccccc1)C(=O)N[C@@H](CCCN=C(N)N)C(=O)N[C@@H](CCCN=C(N)N)C(=O)N[C@H](C(=O)N[C@@H](CCCCN)C(=O)O)C(C)C. The highest BCUT2D eigenvalue weighted by atomic mass is 16.4. The normalized spacial score (nSPS) is 14.4. The molecular weight excluding hydrogens is 1410 g/mol. The number of carbonyl (C=O) groups is 15. The molecule has 0 unspecified atom stereocenters. The van der Waals surface area contributed by atoms with Crippen molar-refractivity contribution in [1.29, 1.82) is 0 Å². The molecule has 0 saturated heterocycles. The first kappa shape index (κ1) is 95.7. The van der Waals surface area contributed by atoms with Gasteiger partial charge < -0.3 is 124 Å². The van der Waals surface area contributed by atoms with Crippen LogP contribution in [0.2, 0.25) is 0 Å². The van der Waals surface area contributed by atoms with Crippen molar-refractivity contribution in [1.82, 2.24) is 63.8 Å². The van der Waals surface area contributed by atoms with Crippen LogP contribution < -0.4 is 104 Å². The third-order valence-corrected chi connectivity index (χ3v) is 16.4. The van der Waals surface area contributed by atoms with Gasteiger partial charge in [-0.1, -0.05) is 71.9 Å². The fraction of sp³-hybridized carbons (Fsp3) is 0.662. The van der Waals surface area contributed by atoms with E-state index in [9.17, 15) is 87.2 Å². The number of benzene rings is 1. The second-order valence-corrected chi connectivity index (χ2v) is 27.2. The Morgan fingerprint density at radius 2 is 0.769 bits per heavy atom. The number of nitrogens with zero attached hydrogens (tertiary/aromatic N) is 2. The largest absolute Gasteiger partial charge is 0.481 e. The highest BCUT2D eigenvalue weighted by Crippen LogP contribution is 2.15. The summed E-state index contributed by atoms with van der Waals surface area (Å²) in [5, 5.41) is 68.5. The Balaban J connectivity index is 3.83. The predicted octanol–water partition coefficient (Wildman–Crippen LogP) is -6.05. The monoisotopic (exact) mass is 1530 g/mol. The van der Waals surface area contributed by atoms with Gasteiger partial charge >= 0.3 is 17.9 Å². The Kier molecular flexibility index (Phi) is 45.9. The molecule has 0 fully saturated rings. The molecular formula is C68H117N21O19. The van der Waals surface area contributed by atoms with Gasteiger partial charge in [-0.3, -0.25) is 77.1 Å². The van der Waals surface area contributed by atoms with Gasteiger partial charge in [-0.2, -0.15) is 0 Å². The van der Waals surface area contributed by atoms with Crippen LogP contribution in [0.1, 0.15) is 157 Å². The van der Waals surface area contributed by atoms with Gasteiger partial charge in [-0.15, -0.1) is 0 Å². The van der Waals surface area contributed by atoms with Gasteiger partial charge in [0.2, 0.25) is 70.9 Å². The van der Waals surface area contributed by atoms with E-state index in [1.807, 2.05) is 0 Å². The molecule has 0 aliphatic carbocycles. The first-order valence-electron chi connectivity index (χ1n) is 36.0. The van der Waals surface area contributed by atoms with Gasteiger partial charge in [0.05, 0.1) is 13.2 Å². The highest BCUT2D eigenvalue weighted by Gasteiger charge is 2.38. The van der Waals surface area contributed by atoms with Crippen molar-refractivity contribution in [2.24, 2.45) is 67.9 Å². The number of aliphatic imine (C=N–C) groups is 2. The van der Waals surface area contributed by atoms with E-state index in [-0.39, 0.29) is 114 Å². The molecule has 12 atom stereocenters. The summed E-state index contributed by atoms with van der Waals surface area (Å²) in [6, 6.07) is -9.30. The second-order valence-electron chi connectivity index (χ2n) is 27.2. The van der Waals surface area contributed by atoms with Crippen molar-refractivity contribution >= 4 is 101 Å². The second kappa shape index (κ2) is 51.8. The van der Waals surface area contributed by atoms with Gasteiger partial charge in [0.25, 0.3) is 0 Å². The number of carboxylic acid groups (broad SMARTS) is 3. The number of amides is 12. The number of carbonyl (C=O) groups excluding carboxylic acids is 12. The number of aliphatic hydroxyl groups is 1. The number of unbranched alkanes of at least 4 members (excludes halogenated alkanes) is 2. The zero-order valence-corrected chi connectivity index (χ0v) is 62.7. The Morgan fingerprint density at radius 3 is 1.16 bits per heavy atom. The topological polar surface area (TPSA) is 688 Å². The van der Waals surface area contributed by atoms with Crippen molar-refractivity contribution in [3.8, 4) is 0 Å². The van der Waals surface area contributed by atoms with E-state index >= 15 is 0 Å². The number of guanidine groups is 2. The summed E-state index contributed by atoms with van der Waals surface area (Å²) >= 11 is 0. The van der Waals surface area contributed by atoms with Crippen LogP contribution in [-0.2, 0) is 78.3 Å². The first-order valence-corrected chi connectivity index (χ1v) is 36.0. The van der Waals surface area contributed by atoms with E-state index in [0.717, 1.165) is 0 Å². The summed E-state index contributed by atoms with van der Waals surface area (Å²) in [5.41, 5.74) is 39.8. The van der Waals surface area contributed by atoms with Crippen molar-refractivity contribution in [2.75, 3.05) is 39.3 Å². The van der Waals surface area contributed by atoms with Crippen molar-refractivity contribution in [3.63, 3.8) is 0 Å². The average Bonchev–Trinajstić information content (AvgIpc) is 0.854. The van der Waals surface area contributed by atoms with Crippen LogP contribution in [0, 0.1) is 17.8 Å². The molecule has 40 nitrogen and oxygen atoms in total. The van der Waals surface area contributed by atoms with Crippen LogP contribution in [0.25, 0.3) is 0 Å². The number of hydrogen-bond acceptors (Lipinski definition) is 21. The van der Waals surface area contributed by atoms with Gasteiger partial charge in [0.1, 0.15) is 72.5 Å². The van der Waals surface area contributed by atoms with Crippen LogP contribution in [-0.4, -0.2) is 233 Å². The lowest BCUT2D eigenvalue weighted by Crippen LogP contribution is -2.61. The van der Waals surface area contributed by atoms with Crippen molar-refractivity contribution in [2.45, 2.75) is 230 Å². The van der Waals surface area contributed by atoms with E-state index in [4.69, 9.17) is 45.2 Å². The number of nitrogens with two attached hydrogens (primary N) is 7. The molecule has 0 aliphatic rings. The summed E-state index contributed by atoms with van der Waals surface area (Å²) < 4.78 is 0. The summed E-state index contributed by atoms with van der Waals surface area (Å²) in [6.07, 6.45) is -1.82. The molecule has 0 aliphatic heterocycles. The lowest BCUT2D eigenvalue weighted by Gasteiger charge is -2.29. The lowest BCUT2D eigenvalue weighted by molar-refractivity contribution is -0.143.